The summed E-state index contributed by atoms with van der Waals surface area (Å²) in [4.78, 5) is 0. The van der Waals surface area contributed by atoms with Crippen LogP contribution in [0.15, 0.2) is 18.5 Å². The van der Waals surface area contributed by atoms with E-state index in [0.29, 0.717) is 5.69 Å². The van der Waals surface area contributed by atoms with Gasteiger partial charge in [-0.1, -0.05) is 6.92 Å². The minimum absolute atomic E-state index is 0.0330. The molecule has 0 saturated carbocycles. The predicted octanol–water partition coefficient (Wildman–Crippen LogP) is 0.660. The van der Waals surface area contributed by atoms with Crippen molar-refractivity contribution in [3.8, 4) is 5.69 Å². The highest BCUT2D eigenvalue weighted by Crippen LogP contribution is 2.12. The molecule has 5 heteroatoms. The van der Waals surface area contributed by atoms with Crippen molar-refractivity contribution in [2.75, 3.05) is 0 Å². The summed E-state index contributed by atoms with van der Waals surface area (Å²) in [5.41, 5.74) is 2.64. The maximum absolute atomic E-state index is 8.93. The largest absolute Gasteiger partial charge is 0.390 e. The Morgan fingerprint density at radius 1 is 1.40 bits per heavy atom. The van der Waals surface area contributed by atoms with Crippen molar-refractivity contribution in [3.05, 3.63) is 29.8 Å². The Morgan fingerprint density at radius 3 is 2.80 bits per heavy atom. The van der Waals surface area contributed by atoms with E-state index in [0.717, 1.165) is 17.8 Å². The molecule has 2 heterocycles. The molecule has 2 aromatic heterocycles. The van der Waals surface area contributed by atoms with E-state index in [2.05, 4.69) is 17.1 Å². The van der Waals surface area contributed by atoms with Gasteiger partial charge in [-0.05, 0) is 12.5 Å². The standard InChI is InChI=1S/C10H14N4O/c1-3-9-10(6-13(2)12-9)14-5-4-8(7-15)11-14/h4-6,15H,3,7H2,1-2H3. The van der Waals surface area contributed by atoms with Gasteiger partial charge in [0.25, 0.3) is 0 Å². The second kappa shape index (κ2) is 3.86. The fraction of sp³-hybridized carbons (Fsp3) is 0.400. The summed E-state index contributed by atoms with van der Waals surface area (Å²) in [6, 6.07) is 1.80. The molecule has 0 fully saturated rings. The summed E-state index contributed by atoms with van der Waals surface area (Å²) in [6.07, 6.45) is 4.62. The van der Waals surface area contributed by atoms with Crippen LogP contribution in [-0.2, 0) is 20.1 Å². The predicted molar refractivity (Wildman–Crippen MR) is 55.6 cm³/mol. The van der Waals surface area contributed by atoms with Gasteiger partial charge in [0.05, 0.1) is 24.2 Å². The van der Waals surface area contributed by atoms with Crippen LogP contribution in [0.25, 0.3) is 5.69 Å². The molecular formula is C10H14N4O. The van der Waals surface area contributed by atoms with E-state index in [1.807, 2.05) is 19.4 Å². The number of nitrogens with zero attached hydrogens (tertiary/aromatic N) is 4. The summed E-state index contributed by atoms with van der Waals surface area (Å²) in [7, 11) is 1.89. The third-order valence-corrected chi connectivity index (χ3v) is 2.27. The maximum Gasteiger partial charge on any atom is 0.106 e. The van der Waals surface area contributed by atoms with Gasteiger partial charge in [0.15, 0.2) is 0 Å². The Morgan fingerprint density at radius 2 is 2.20 bits per heavy atom. The lowest BCUT2D eigenvalue weighted by molar-refractivity contribution is 0.276. The summed E-state index contributed by atoms with van der Waals surface area (Å²) in [6.45, 7) is 2.02. The van der Waals surface area contributed by atoms with Gasteiger partial charge < -0.3 is 5.11 Å². The van der Waals surface area contributed by atoms with Crippen molar-refractivity contribution in [1.82, 2.24) is 19.6 Å². The smallest absolute Gasteiger partial charge is 0.106 e. The highest BCUT2D eigenvalue weighted by atomic mass is 16.3. The molecule has 0 aliphatic heterocycles. The molecule has 0 amide bonds. The second-order valence-corrected chi connectivity index (χ2v) is 3.40. The van der Waals surface area contributed by atoms with E-state index in [1.165, 1.54) is 0 Å². The monoisotopic (exact) mass is 206 g/mol. The Kier molecular flexibility index (Phi) is 2.55. The lowest BCUT2D eigenvalue weighted by Crippen LogP contribution is -1.98. The number of hydrogen-bond donors (Lipinski definition) is 1. The Balaban J connectivity index is 2.43. The molecule has 0 spiro atoms. The molecule has 0 atom stereocenters. The van der Waals surface area contributed by atoms with Crippen LogP contribution in [0.3, 0.4) is 0 Å². The van der Waals surface area contributed by atoms with Gasteiger partial charge in [0.2, 0.25) is 0 Å². The van der Waals surface area contributed by atoms with Crippen molar-refractivity contribution in [1.29, 1.82) is 0 Å². The van der Waals surface area contributed by atoms with E-state index in [4.69, 9.17) is 5.11 Å². The molecule has 2 aromatic rings. The normalized spacial score (nSPS) is 10.9. The molecule has 0 saturated heterocycles. The highest BCUT2D eigenvalue weighted by Gasteiger charge is 2.08. The lowest BCUT2D eigenvalue weighted by atomic mass is 10.3. The minimum Gasteiger partial charge on any atom is -0.390 e. The molecule has 0 aromatic carbocycles. The van der Waals surface area contributed by atoms with E-state index in [1.54, 1.807) is 15.4 Å². The van der Waals surface area contributed by atoms with Gasteiger partial charge >= 0.3 is 0 Å². The molecule has 0 aliphatic carbocycles. The van der Waals surface area contributed by atoms with Crippen LogP contribution in [0.1, 0.15) is 18.3 Å². The maximum atomic E-state index is 8.93. The van der Waals surface area contributed by atoms with Crippen molar-refractivity contribution < 1.29 is 5.11 Å². The van der Waals surface area contributed by atoms with Gasteiger partial charge in [0.1, 0.15) is 5.69 Å². The Bertz CT molecular complexity index is 458. The van der Waals surface area contributed by atoms with Crippen LogP contribution in [0.4, 0.5) is 0 Å². The van der Waals surface area contributed by atoms with E-state index >= 15 is 0 Å². The van der Waals surface area contributed by atoms with E-state index in [9.17, 15) is 0 Å². The van der Waals surface area contributed by atoms with Gasteiger partial charge in [-0.15, -0.1) is 0 Å². The van der Waals surface area contributed by atoms with Gasteiger partial charge in [-0.25, -0.2) is 4.68 Å². The molecule has 80 valence electrons. The van der Waals surface area contributed by atoms with Crippen LogP contribution in [0.5, 0.6) is 0 Å². The molecule has 0 unspecified atom stereocenters. The molecule has 1 N–H and O–H groups in total. The zero-order chi connectivity index (χ0) is 10.8. The number of rotatable bonds is 3. The molecule has 5 nitrogen and oxygen atoms in total. The first-order chi connectivity index (χ1) is 7.24. The number of aliphatic hydroxyl groups excluding tert-OH is 1. The quantitative estimate of drug-likeness (QED) is 0.802. The SMILES string of the molecule is CCc1nn(C)cc1-n1ccc(CO)n1. The van der Waals surface area contributed by atoms with Crippen LogP contribution in [-0.4, -0.2) is 24.7 Å². The zero-order valence-electron chi connectivity index (χ0n) is 8.88. The summed E-state index contributed by atoms with van der Waals surface area (Å²) in [5.74, 6) is 0. The minimum atomic E-state index is -0.0330. The van der Waals surface area contributed by atoms with Gasteiger partial charge in [-0.2, -0.15) is 10.2 Å². The first-order valence-electron chi connectivity index (χ1n) is 4.93. The summed E-state index contributed by atoms with van der Waals surface area (Å²) in [5, 5.41) is 17.5. The third-order valence-electron chi connectivity index (χ3n) is 2.27. The fourth-order valence-corrected chi connectivity index (χ4v) is 1.55. The van der Waals surface area contributed by atoms with Crippen LogP contribution in [0, 0.1) is 0 Å². The van der Waals surface area contributed by atoms with Crippen LogP contribution < -0.4 is 0 Å². The van der Waals surface area contributed by atoms with Crippen molar-refractivity contribution in [2.24, 2.45) is 7.05 Å². The average molecular weight is 206 g/mol. The molecule has 0 radical (unpaired) electrons. The van der Waals surface area contributed by atoms with Crippen LogP contribution in [0.2, 0.25) is 0 Å². The number of aryl methyl sites for hydroxylation is 2. The van der Waals surface area contributed by atoms with Gasteiger partial charge in [0, 0.05) is 13.2 Å². The van der Waals surface area contributed by atoms with Gasteiger partial charge in [-0.3, -0.25) is 4.68 Å². The first kappa shape index (κ1) is 9.92. The van der Waals surface area contributed by atoms with E-state index < -0.39 is 0 Å². The van der Waals surface area contributed by atoms with Crippen molar-refractivity contribution in [3.63, 3.8) is 0 Å². The van der Waals surface area contributed by atoms with Crippen molar-refractivity contribution in [2.45, 2.75) is 20.0 Å². The number of aromatic nitrogens is 4. The number of aliphatic hydroxyl groups is 1. The molecule has 0 aliphatic rings. The average Bonchev–Trinajstić information content (AvgIpc) is 2.82. The Labute approximate surface area is 88.0 Å². The number of hydrogen-bond acceptors (Lipinski definition) is 3. The molecule has 0 bridgehead atoms. The van der Waals surface area contributed by atoms with E-state index in [-0.39, 0.29) is 6.61 Å². The third kappa shape index (κ3) is 1.78. The molecule has 15 heavy (non-hydrogen) atoms. The van der Waals surface area contributed by atoms with Crippen molar-refractivity contribution >= 4 is 0 Å². The topological polar surface area (TPSA) is 55.9 Å². The first-order valence-corrected chi connectivity index (χ1v) is 4.93. The molecular weight excluding hydrogens is 192 g/mol. The van der Waals surface area contributed by atoms with Crippen LogP contribution >= 0.6 is 0 Å². The highest BCUT2D eigenvalue weighted by molar-refractivity contribution is 5.33. The summed E-state index contributed by atoms with van der Waals surface area (Å²) >= 11 is 0. The summed E-state index contributed by atoms with van der Waals surface area (Å²) < 4.78 is 3.52. The Hall–Kier alpha value is -1.62. The fourth-order valence-electron chi connectivity index (χ4n) is 1.55. The lowest BCUT2D eigenvalue weighted by Gasteiger charge is -1.98. The molecule has 2 rings (SSSR count). The second-order valence-electron chi connectivity index (χ2n) is 3.40. The zero-order valence-corrected chi connectivity index (χ0v) is 8.88.